The highest BCUT2D eigenvalue weighted by Crippen LogP contribution is 2.39. The summed E-state index contributed by atoms with van der Waals surface area (Å²) in [5.74, 6) is 0.125. The van der Waals surface area contributed by atoms with Crippen LogP contribution in [0.2, 0.25) is 0 Å². The van der Waals surface area contributed by atoms with E-state index in [4.69, 9.17) is 0 Å². The van der Waals surface area contributed by atoms with E-state index < -0.39 is 6.17 Å². The molecule has 1 heterocycles. The molecule has 1 atom stereocenters. The zero-order valence-corrected chi connectivity index (χ0v) is 9.95. The largest absolute Gasteiger partial charge is 0.508 e. The molecule has 2 N–H and O–H groups in total. The van der Waals surface area contributed by atoms with Crippen molar-refractivity contribution >= 4 is 0 Å². The molecule has 0 aromatic heterocycles. The van der Waals surface area contributed by atoms with Crippen molar-refractivity contribution in [3.63, 3.8) is 0 Å². The van der Waals surface area contributed by atoms with Gasteiger partial charge in [-0.2, -0.15) is 10.2 Å². The maximum atomic E-state index is 10.3. The summed E-state index contributed by atoms with van der Waals surface area (Å²) < 4.78 is 0. The molecule has 5 heteroatoms. The Kier molecular flexibility index (Phi) is 2.76. The number of azo groups is 1. The number of phenolic OH excluding ortho intramolecular Hbond substituents is 1. The summed E-state index contributed by atoms with van der Waals surface area (Å²) in [6.45, 7) is 0. The van der Waals surface area contributed by atoms with Gasteiger partial charge < -0.3 is 5.11 Å². The third-order valence-corrected chi connectivity index (χ3v) is 3.42. The average Bonchev–Trinajstić information content (AvgIpc) is 2.41. The number of hydrogen-bond donors (Lipinski definition) is 2. The summed E-state index contributed by atoms with van der Waals surface area (Å²) in [5, 5.41) is 29.5. The lowest BCUT2D eigenvalue weighted by molar-refractivity contribution is -0.104. The normalized spacial score (nSPS) is 23.2. The quantitative estimate of drug-likeness (QED) is 0.797. The molecule has 94 valence electrons. The van der Waals surface area contributed by atoms with Crippen LogP contribution in [0, 0.1) is 0 Å². The summed E-state index contributed by atoms with van der Waals surface area (Å²) in [5.41, 5.74) is 2.28. The van der Waals surface area contributed by atoms with Gasteiger partial charge in [-0.3, -0.25) is 5.21 Å². The molecule has 0 bridgehead atoms. The first-order valence-electron chi connectivity index (χ1n) is 6.16. The number of rotatable bonds is 1. The number of aromatic hydroxyl groups is 1. The summed E-state index contributed by atoms with van der Waals surface area (Å²) >= 11 is 0. The van der Waals surface area contributed by atoms with Gasteiger partial charge in [-0.15, -0.1) is 0 Å². The second-order valence-electron chi connectivity index (χ2n) is 4.59. The second kappa shape index (κ2) is 4.42. The number of para-hydroxylation sites is 1. The molecule has 0 fully saturated rings. The molecule has 0 saturated carbocycles. The maximum absolute atomic E-state index is 10.3. The molecule has 5 nitrogen and oxygen atoms in total. The third kappa shape index (κ3) is 1.76. The molecule has 1 aliphatic carbocycles. The van der Waals surface area contributed by atoms with Crippen LogP contribution in [0.1, 0.15) is 37.4 Å². The predicted molar refractivity (Wildman–Crippen MR) is 64.8 cm³/mol. The topological polar surface area (TPSA) is 68.4 Å². The van der Waals surface area contributed by atoms with E-state index >= 15 is 0 Å². The van der Waals surface area contributed by atoms with Crippen molar-refractivity contribution in [1.82, 2.24) is 5.06 Å². The standard InChI is InChI=1S/C13H15N3O2/c17-12-8-4-1-5-9(12)13-15-14-10-6-2-3-7-11(10)16(13)18/h1,4-5,8,13,17-18H,2-3,6-7H2. The number of phenols is 1. The van der Waals surface area contributed by atoms with Crippen LogP contribution in [0.3, 0.4) is 0 Å². The van der Waals surface area contributed by atoms with E-state index in [-0.39, 0.29) is 5.75 Å². The van der Waals surface area contributed by atoms with Crippen molar-refractivity contribution in [1.29, 1.82) is 0 Å². The summed E-state index contributed by atoms with van der Waals surface area (Å²) in [4.78, 5) is 0. The van der Waals surface area contributed by atoms with Gasteiger partial charge in [0.25, 0.3) is 0 Å². The van der Waals surface area contributed by atoms with Crippen molar-refractivity contribution in [2.24, 2.45) is 10.2 Å². The first-order valence-corrected chi connectivity index (χ1v) is 6.16. The van der Waals surface area contributed by atoms with Crippen LogP contribution in [0.4, 0.5) is 0 Å². The SMILES string of the molecule is Oc1ccccc1C1N=NC2=C(CCCC2)N1O. The van der Waals surface area contributed by atoms with Crippen molar-refractivity contribution in [3.8, 4) is 5.75 Å². The molecule has 1 aromatic carbocycles. The van der Waals surface area contributed by atoms with Crippen LogP contribution in [-0.2, 0) is 0 Å². The Morgan fingerprint density at radius 2 is 1.94 bits per heavy atom. The van der Waals surface area contributed by atoms with Crippen molar-refractivity contribution in [2.75, 3.05) is 0 Å². The molecule has 2 aliphatic rings. The van der Waals surface area contributed by atoms with Gasteiger partial charge in [0, 0.05) is 5.56 Å². The van der Waals surface area contributed by atoms with Gasteiger partial charge >= 0.3 is 0 Å². The average molecular weight is 245 g/mol. The molecular formula is C13H15N3O2. The minimum absolute atomic E-state index is 0.125. The Morgan fingerprint density at radius 3 is 2.78 bits per heavy atom. The molecule has 3 rings (SSSR count). The molecule has 0 spiro atoms. The molecule has 0 amide bonds. The fraction of sp³-hybridized carbons (Fsp3) is 0.385. The van der Waals surface area contributed by atoms with Crippen LogP contribution < -0.4 is 0 Å². The van der Waals surface area contributed by atoms with Crippen molar-refractivity contribution < 1.29 is 10.3 Å². The van der Waals surface area contributed by atoms with Crippen LogP contribution in [0.5, 0.6) is 5.75 Å². The van der Waals surface area contributed by atoms with Crippen LogP contribution in [0.15, 0.2) is 45.9 Å². The van der Waals surface area contributed by atoms with E-state index in [0.717, 1.165) is 42.1 Å². The van der Waals surface area contributed by atoms with Gasteiger partial charge in [-0.05, 0) is 31.7 Å². The minimum atomic E-state index is -0.636. The third-order valence-electron chi connectivity index (χ3n) is 3.42. The molecule has 0 radical (unpaired) electrons. The maximum Gasteiger partial charge on any atom is 0.195 e. The van der Waals surface area contributed by atoms with E-state index in [9.17, 15) is 10.3 Å². The van der Waals surface area contributed by atoms with Crippen molar-refractivity contribution in [2.45, 2.75) is 31.8 Å². The highest BCUT2D eigenvalue weighted by molar-refractivity contribution is 5.35. The summed E-state index contributed by atoms with van der Waals surface area (Å²) in [6, 6.07) is 6.88. The second-order valence-corrected chi connectivity index (χ2v) is 4.59. The lowest BCUT2D eigenvalue weighted by Crippen LogP contribution is -2.28. The number of hydroxylamine groups is 2. The Hall–Kier alpha value is -1.88. The van der Waals surface area contributed by atoms with Crippen LogP contribution >= 0.6 is 0 Å². The van der Waals surface area contributed by atoms with E-state index in [1.807, 2.05) is 6.07 Å². The van der Waals surface area contributed by atoms with Gasteiger partial charge in [0.15, 0.2) is 6.17 Å². The van der Waals surface area contributed by atoms with Gasteiger partial charge in [0.1, 0.15) is 5.75 Å². The van der Waals surface area contributed by atoms with Gasteiger partial charge in [-0.25, -0.2) is 5.06 Å². The number of nitrogens with zero attached hydrogens (tertiary/aromatic N) is 3. The Morgan fingerprint density at radius 1 is 1.17 bits per heavy atom. The zero-order valence-electron chi connectivity index (χ0n) is 9.95. The molecule has 0 saturated heterocycles. The van der Waals surface area contributed by atoms with Gasteiger partial charge in [-0.1, -0.05) is 18.2 Å². The monoisotopic (exact) mass is 245 g/mol. The molecule has 1 aliphatic heterocycles. The van der Waals surface area contributed by atoms with E-state index in [1.165, 1.54) is 0 Å². The summed E-state index contributed by atoms with van der Waals surface area (Å²) in [7, 11) is 0. The van der Waals surface area contributed by atoms with Crippen LogP contribution in [0.25, 0.3) is 0 Å². The Balaban J connectivity index is 1.96. The lowest BCUT2D eigenvalue weighted by Gasteiger charge is -2.32. The predicted octanol–water partition coefficient (Wildman–Crippen LogP) is 3.33. The van der Waals surface area contributed by atoms with Crippen molar-refractivity contribution in [3.05, 3.63) is 41.2 Å². The van der Waals surface area contributed by atoms with Gasteiger partial charge in [0.2, 0.25) is 0 Å². The van der Waals surface area contributed by atoms with Crippen LogP contribution in [-0.4, -0.2) is 15.4 Å². The lowest BCUT2D eigenvalue weighted by atomic mass is 10.00. The summed E-state index contributed by atoms with van der Waals surface area (Å²) in [6.07, 6.45) is 3.19. The highest BCUT2D eigenvalue weighted by atomic mass is 16.5. The molecular weight excluding hydrogens is 230 g/mol. The molecule has 18 heavy (non-hydrogen) atoms. The van der Waals surface area contributed by atoms with E-state index in [2.05, 4.69) is 10.2 Å². The number of allylic oxidation sites excluding steroid dienone is 2. The minimum Gasteiger partial charge on any atom is -0.508 e. The first kappa shape index (κ1) is 11.2. The highest BCUT2D eigenvalue weighted by Gasteiger charge is 2.30. The van der Waals surface area contributed by atoms with Gasteiger partial charge in [0.05, 0.1) is 11.4 Å². The molecule has 1 aromatic rings. The number of hydrogen-bond acceptors (Lipinski definition) is 5. The van der Waals surface area contributed by atoms with E-state index in [0.29, 0.717) is 5.56 Å². The van der Waals surface area contributed by atoms with E-state index in [1.54, 1.807) is 18.2 Å². The smallest absolute Gasteiger partial charge is 0.195 e. The fourth-order valence-electron chi connectivity index (χ4n) is 2.45. The fourth-order valence-corrected chi connectivity index (χ4v) is 2.45. The first-order chi connectivity index (χ1) is 8.77. The molecule has 1 unspecified atom stereocenters. The number of benzene rings is 1. The Bertz CT molecular complexity index is 525. The Labute approximate surface area is 105 Å². The zero-order chi connectivity index (χ0) is 12.5.